The number of nitrogens with two attached hydrogens (primary N) is 1. The molecule has 4 nitrogen and oxygen atoms in total. The van der Waals surface area contributed by atoms with E-state index in [2.05, 4.69) is 21.2 Å². The smallest absolute Gasteiger partial charge is 0.257 e. The Labute approximate surface area is 123 Å². The number of hydrogen-bond donors (Lipinski definition) is 2. The number of anilines is 2. The van der Waals surface area contributed by atoms with Gasteiger partial charge in [0.2, 0.25) is 0 Å². The molecule has 104 valence electrons. The van der Waals surface area contributed by atoms with Crippen LogP contribution < -0.4 is 15.8 Å². The molecule has 0 heterocycles. The average molecular weight is 339 g/mol. The quantitative estimate of drug-likeness (QED) is 0.842. The van der Waals surface area contributed by atoms with Crippen LogP contribution in [0.15, 0.2) is 40.9 Å². The van der Waals surface area contributed by atoms with Gasteiger partial charge in [0, 0.05) is 5.69 Å². The fraction of sp³-hybridized carbons (Fsp3) is 0.0714. The highest BCUT2D eigenvalue weighted by Crippen LogP contribution is 2.26. The molecule has 0 aliphatic heterocycles. The van der Waals surface area contributed by atoms with E-state index in [4.69, 9.17) is 10.5 Å². The molecule has 0 unspecified atom stereocenters. The third-order valence-corrected chi connectivity index (χ3v) is 3.32. The number of methoxy groups -OCH3 is 1. The number of nitrogen functional groups attached to an aromatic ring is 1. The maximum Gasteiger partial charge on any atom is 0.257 e. The van der Waals surface area contributed by atoms with Gasteiger partial charge < -0.3 is 15.8 Å². The van der Waals surface area contributed by atoms with Crippen molar-refractivity contribution in [2.75, 3.05) is 18.2 Å². The monoisotopic (exact) mass is 338 g/mol. The minimum Gasteiger partial charge on any atom is -0.495 e. The van der Waals surface area contributed by atoms with Gasteiger partial charge in [-0.25, -0.2) is 4.39 Å². The molecule has 2 aromatic rings. The summed E-state index contributed by atoms with van der Waals surface area (Å²) in [6.45, 7) is 0. The Morgan fingerprint density at radius 2 is 2.10 bits per heavy atom. The summed E-state index contributed by atoms with van der Waals surface area (Å²) in [6, 6.07) is 9.13. The van der Waals surface area contributed by atoms with Crippen LogP contribution in [0.3, 0.4) is 0 Å². The molecule has 0 aromatic heterocycles. The van der Waals surface area contributed by atoms with E-state index >= 15 is 0 Å². The number of hydrogen-bond acceptors (Lipinski definition) is 3. The fourth-order valence-electron chi connectivity index (χ4n) is 1.69. The zero-order chi connectivity index (χ0) is 14.7. The number of carbonyl (C=O) groups excluding carboxylic acids is 1. The van der Waals surface area contributed by atoms with Gasteiger partial charge in [-0.1, -0.05) is 6.07 Å². The summed E-state index contributed by atoms with van der Waals surface area (Å²) in [7, 11) is 1.48. The molecular weight excluding hydrogens is 327 g/mol. The molecule has 0 bridgehead atoms. The van der Waals surface area contributed by atoms with Crippen LogP contribution in [0.4, 0.5) is 15.8 Å². The molecule has 0 aliphatic carbocycles. The van der Waals surface area contributed by atoms with Gasteiger partial charge in [0.05, 0.1) is 22.8 Å². The molecule has 6 heteroatoms. The van der Waals surface area contributed by atoms with Crippen molar-refractivity contribution in [2.45, 2.75) is 0 Å². The number of ether oxygens (including phenoxy) is 1. The zero-order valence-corrected chi connectivity index (χ0v) is 12.2. The van der Waals surface area contributed by atoms with Crippen molar-refractivity contribution in [1.29, 1.82) is 0 Å². The molecule has 0 atom stereocenters. The minimum atomic E-state index is -0.399. The van der Waals surface area contributed by atoms with Crippen LogP contribution in [-0.2, 0) is 0 Å². The van der Waals surface area contributed by atoms with Gasteiger partial charge in [0.25, 0.3) is 5.91 Å². The van der Waals surface area contributed by atoms with Crippen LogP contribution in [-0.4, -0.2) is 13.0 Å². The van der Waals surface area contributed by atoms with Gasteiger partial charge in [-0.05, 0) is 46.3 Å². The Balaban J connectivity index is 2.26. The third-order valence-electron chi connectivity index (χ3n) is 2.71. The molecule has 0 saturated heterocycles. The number of para-hydroxylation sites is 1. The van der Waals surface area contributed by atoms with Crippen molar-refractivity contribution in [2.24, 2.45) is 0 Å². The second-order valence-electron chi connectivity index (χ2n) is 4.00. The van der Waals surface area contributed by atoms with Gasteiger partial charge in [-0.3, -0.25) is 4.79 Å². The first-order valence-electron chi connectivity index (χ1n) is 5.72. The van der Waals surface area contributed by atoms with E-state index in [1.165, 1.54) is 25.3 Å². The summed E-state index contributed by atoms with van der Waals surface area (Å²) in [6.07, 6.45) is 0. The van der Waals surface area contributed by atoms with Crippen LogP contribution in [0.25, 0.3) is 0 Å². The largest absolute Gasteiger partial charge is 0.495 e. The number of amides is 1. The van der Waals surface area contributed by atoms with E-state index in [-0.39, 0.29) is 16.1 Å². The van der Waals surface area contributed by atoms with Crippen LogP contribution in [0.5, 0.6) is 5.75 Å². The lowest BCUT2D eigenvalue weighted by molar-refractivity contribution is 0.102. The molecular formula is C14H12BrFN2O2. The second kappa shape index (κ2) is 5.92. The summed E-state index contributed by atoms with van der Waals surface area (Å²) >= 11 is 3.06. The van der Waals surface area contributed by atoms with Crippen molar-refractivity contribution >= 4 is 33.2 Å². The van der Waals surface area contributed by atoms with Crippen molar-refractivity contribution in [3.8, 4) is 5.75 Å². The van der Waals surface area contributed by atoms with Crippen molar-refractivity contribution in [3.63, 3.8) is 0 Å². The molecule has 2 aromatic carbocycles. The Hall–Kier alpha value is -2.08. The van der Waals surface area contributed by atoms with E-state index < -0.39 is 5.82 Å². The molecule has 20 heavy (non-hydrogen) atoms. The van der Waals surface area contributed by atoms with Gasteiger partial charge >= 0.3 is 0 Å². The highest BCUT2D eigenvalue weighted by Gasteiger charge is 2.13. The highest BCUT2D eigenvalue weighted by molar-refractivity contribution is 9.10. The lowest BCUT2D eigenvalue weighted by Crippen LogP contribution is -2.14. The van der Waals surface area contributed by atoms with E-state index in [0.717, 1.165) is 0 Å². The number of carbonyl (C=O) groups is 1. The van der Waals surface area contributed by atoms with Crippen molar-refractivity contribution < 1.29 is 13.9 Å². The van der Waals surface area contributed by atoms with E-state index in [1.807, 2.05) is 0 Å². The number of halogens is 2. The number of nitrogens with one attached hydrogen (secondary N) is 1. The van der Waals surface area contributed by atoms with Crippen molar-refractivity contribution in [1.82, 2.24) is 0 Å². The normalized spacial score (nSPS) is 10.2. The molecule has 0 aliphatic rings. The lowest BCUT2D eigenvalue weighted by Gasteiger charge is -2.10. The summed E-state index contributed by atoms with van der Waals surface area (Å²) in [4.78, 5) is 12.1. The number of rotatable bonds is 3. The molecule has 1 amide bonds. The lowest BCUT2D eigenvalue weighted by atomic mass is 10.1. The van der Waals surface area contributed by atoms with Gasteiger partial charge in [-0.15, -0.1) is 0 Å². The Morgan fingerprint density at radius 1 is 1.35 bits per heavy atom. The molecule has 0 saturated carbocycles. The Kier molecular flexibility index (Phi) is 4.24. The summed E-state index contributed by atoms with van der Waals surface area (Å²) in [5.74, 6) is -0.360. The molecule has 0 radical (unpaired) electrons. The minimum absolute atomic E-state index is 0.258. The van der Waals surface area contributed by atoms with Crippen LogP contribution >= 0.6 is 15.9 Å². The highest BCUT2D eigenvalue weighted by atomic mass is 79.9. The molecule has 0 spiro atoms. The third kappa shape index (κ3) is 2.91. The molecule has 3 N–H and O–H groups in total. The predicted molar refractivity (Wildman–Crippen MR) is 79.5 cm³/mol. The fourth-order valence-corrected chi connectivity index (χ4v) is 2.07. The Morgan fingerprint density at radius 3 is 2.75 bits per heavy atom. The average Bonchev–Trinajstić information content (AvgIpc) is 2.43. The zero-order valence-electron chi connectivity index (χ0n) is 10.6. The summed E-state index contributed by atoms with van der Waals surface area (Å²) in [5, 5.41) is 2.65. The topological polar surface area (TPSA) is 64.3 Å². The predicted octanol–water partition coefficient (Wildman–Crippen LogP) is 3.43. The Bertz CT molecular complexity index is 662. The second-order valence-corrected chi connectivity index (χ2v) is 4.86. The van der Waals surface area contributed by atoms with Crippen LogP contribution in [0.1, 0.15) is 10.4 Å². The van der Waals surface area contributed by atoms with E-state index in [0.29, 0.717) is 17.0 Å². The first-order chi connectivity index (χ1) is 9.52. The standard InChI is InChI=1S/C14H12BrFN2O2/c1-20-12-4-2-3-9(13(12)17)14(19)18-8-5-6-11(16)10(15)7-8/h2-7H,17H2,1H3,(H,18,19). The van der Waals surface area contributed by atoms with Gasteiger partial charge in [0.1, 0.15) is 11.6 Å². The van der Waals surface area contributed by atoms with E-state index in [1.54, 1.807) is 18.2 Å². The van der Waals surface area contributed by atoms with Crippen LogP contribution in [0.2, 0.25) is 0 Å². The number of benzene rings is 2. The van der Waals surface area contributed by atoms with Gasteiger partial charge in [-0.2, -0.15) is 0 Å². The maximum atomic E-state index is 13.1. The summed E-state index contributed by atoms with van der Waals surface area (Å²) < 4.78 is 18.5. The SMILES string of the molecule is COc1cccc(C(=O)Nc2ccc(F)c(Br)c2)c1N. The molecule has 0 fully saturated rings. The van der Waals surface area contributed by atoms with Crippen molar-refractivity contribution in [3.05, 3.63) is 52.3 Å². The molecule has 2 rings (SSSR count). The summed E-state index contributed by atoms with van der Waals surface area (Å²) in [5.41, 5.74) is 6.86. The van der Waals surface area contributed by atoms with Crippen LogP contribution in [0, 0.1) is 5.82 Å². The van der Waals surface area contributed by atoms with Gasteiger partial charge in [0.15, 0.2) is 0 Å². The van der Waals surface area contributed by atoms with E-state index in [9.17, 15) is 9.18 Å². The first kappa shape index (κ1) is 14.3. The maximum absolute atomic E-state index is 13.1. The first-order valence-corrected chi connectivity index (χ1v) is 6.51.